The smallest absolute Gasteiger partial charge is 0.251 e. The maximum absolute atomic E-state index is 12.8. The predicted octanol–water partition coefficient (Wildman–Crippen LogP) is 3.63. The zero-order chi connectivity index (χ0) is 27.9. The molecule has 198 valence electrons. The van der Waals surface area contributed by atoms with E-state index in [0.717, 1.165) is 16.7 Å². The van der Waals surface area contributed by atoms with Crippen LogP contribution in [0, 0.1) is 17.7 Å². The van der Waals surface area contributed by atoms with Gasteiger partial charge in [0.05, 0.1) is 12.3 Å². The second kappa shape index (κ2) is 12.0. The Labute approximate surface area is 226 Å². The van der Waals surface area contributed by atoms with E-state index in [1.807, 2.05) is 36.4 Å². The van der Waals surface area contributed by atoms with E-state index in [-0.39, 0.29) is 37.3 Å². The number of ether oxygens (including phenoxy) is 1. The third-order valence-corrected chi connectivity index (χ3v) is 6.33. The average molecular weight is 523 g/mol. The number of nitrogens with zero attached hydrogens (tertiary/aromatic N) is 1. The van der Waals surface area contributed by atoms with Crippen LogP contribution < -0.4 is 21.5 Å². The number of aromatic nitrogens is 1. The van der Waals surface area contributed by atoms with Gasteiger partial charge in [-0.1, -0.05) is 60.7 Å². The van der Waals surface area contributed by atoms with Gasteiger partial charge in [-0.25, -0.2) is 0 Å². The SMILES string of the molecule is Cc1ncc(CNC(=O)c2ccc(-c3ccc(C(=N)N)cc3)cc2)c(CO)c1OCc1ccc(C(=N)N)cc1. The number of amidine groups is 2. The molecule has 0 radical (unpaired) electrons. The van der Waals surface area contributed by atoms with E-state index >= 15 is 0 Å². The number of hydrogen-bond acceptors (Lipinski definition) is 6. The molecule has 0 saturated heterocycles. The summed E-state index contributed by atoms with van der Waals surface area (Å²) in [7, 11) is 0. The number of nitrogens with two attached hydrogens (primary N) is 2. The Morgan fingerprint density at radius 2 is 1.38 bits per heavy atom. The molecule has 3 aromatic carbocycles. The number of aliphatic hydroxyl groups is 1. The zero-order valence-electron chi connectivity index (χ0n) is 21.5. The summed E-state index contributed by atoms with van der Waals surface area (Å²) in [6, 6.07) is 21.7. The van der Waals surface area contributed by atoms with E-state index in [4.69, 9.17) is 27.0 Å². The zero-order valence-corrected chi connectivity index (χ0v) is 21.5. The molecule has 1 heterocycles. The molecule has 0 saturated carbocycles. The Hall–Kier alpha value is -5.02. The third kappa shape index (κ3) is 6.46. The molecule has 0 aliphatic carbocycles. The van der Waals surface area contributed by atoms with Crippen molar-refractivity contribution >= 4 is 17.6 Å². The lowest BCUT2D eigenvalue weighted by Gasteiger charge is -2.17. The van der Waals surface area contributed by atoms with Crippen LogP contribution in [-0.2, 0) is 19.8 Å². The van der Waals surface area contributed by atoms with Gasteiger partial charge < -0.3 is 26.6 Å². The number of nitrogen functional groups attached to an aromatic ring is 2. The van der Waals surface area contributed by atoms with E-state index in [9.17, 15) is 9.90 Å². The largest absolute Gasteiger partial charge is 0.487 e. The number of rotatable bonds is 10. The minimum atomic E-state index is -0.274. The highest BCUT2D eigenvalue weighted by molar-refractivity contribution is 5.96. The molecule has 0 aliphatic heterocycles. The number of carbonyl (C=O) groups excluding carboxylic acids is 1. The van der Waals surface area contributed by atoms with Crippen LogP contribution in [0.25, 0.3) is 11.1 Å². The van der Waals surface area contributed by atoms with Crippen molar-refractivity contribution in [3.63, 3.8) is 0 Å². The second-order valence-electron chi connectivity index (χ2n) is 8.98. The van der Waals surface area contributed by atoms with Gasteiger partial charge in [-0.3, -0.25) is 20.6 Å². The van der Waals surface area contributed by atoms with Gasteiger partial charge in [0.15, 0.2) is 0 Å². The first kappa shape index (κ1) is 27.0. The standard InChI is InChI=1S/C30H30N6O3/c1-18-27(39-17-19-2-4-22(5-3-19)28(31)32)26(16-37)25(14-35-18)15-36-30(38)24-12-8-21(9-13-24)20-6-10-23(11-7-20)29(33)34/h2-14,37H,15-17H2,1H3,(H3,31,32)(H3,33,34)(H,36,38). The van der Waals surface area contributed by atoms with Gasteiger partial charge in [0.25, 0.3) is 5.91 Å². The second-order valence-corrected chi connectivity index (χ2v) is 8.98. The molecule has 0 atom stereocenters. The fraction of sp³-hybridized carbons (Fsp3) is 0.133. The Balaban J connectivity index is 1.42. The van der Waals surface area contributed by atoms with Gasteiger partial charge in [0.2, 0.25) is 0 Å². The molecule has 1 aromatic heterocycles. The fourth-order valence-corrected chi connectivity index (χ4v) is 4.06. The third-order valence-electron chi connectivity index (χ3n) is 6.33. The predicted molar refractivity (Wildman–Crippen MR) is 151 cm³/mol. The fourth-order valence-electron chi connectivity index (χ4n) is 4.06. The number of benzene rings is 3. The first-order valence-corrected chi connectivity index (χ1v) is 12.2. The van der Waals surface area contributed by atoms with Crippen LogP contribution >= 0.6 is 0 Å². The van der Waals surface area contributed by atoms with Crippen molar-refractivity contribution < 1.29 is 14.6 Å². The molecule has 0 fully saturated rings. The quantitative estimate of drug-likeness (QED) is 0.137. The maximum Gasteiger partial charge on any atom is 0.251 e. The van der Waals surface area contributed by atoms with E-state index < -0.39 is 0 Å². The minimum Gasteiger partial charge on any atom is -0.487 e. The van der Waals surface area contributed by atoms with Gasteiger partial charge in [0, 0.05) is 35.0 Å². The summed E-state index contributed by atoms with van der Waals surface area (Å²) in [5, 5.41) is 28.0. The molecule has 9 heteroatoms. The molecular weight excluding hydrogens is 492 g/mol. The number of nitrogens with one attached hydrogen (secondary N) is 3. The van der Waals surface area contributed by atoms with E-state index in [0.29, 0.717) is 39.3 Å². The molecule has 4 rings (SSSR count). The van der Waals surface area contributed by atoms with Gasteiger partial charge in [-0.15, -0.1) is 0 Å². The van der Waals surface area contributed by atoms with Crippen LogP contribution in [0.1, 0.15) is 43.9 Å². The maximum atomic E-state index is 12.8. The number of hydrogen-bond donors (Lipinski definition) is 6. The van der Waals surface area contributed by atoms with Crippen LogP contribution in [0.5, 0.6) is 5.75 Å². The summed E-state index contributed by atoms with van der Waals surface area (Å²) >= 11 is 0. The van der Waals surface area contributed by atoms with Crippen molar-refractivity contribution in [3.8, 4) is 16.9 Å². The Kier molecular flexibility index (Phi) is 8.33. The normalized spacial score (nSPS) is 10.6. The molecular formula is C30H30N6O3. The molecule has 1 amide bonds. The van der Waals surface area contributed by atoms with E-state index in [1.54, 1.807) is 49.5 Å². The molecule has 9 nitrogen and oxygen atoms in total. The summed E-state index contributed by atoms with van der Waals surface area (Å²) in [5.41, 5.74) is 17.4. The van der Waals surface area contributed by atoms with E-state index in [2.05, 4.69) is 10.3 Å². The lowest BCUT2D eigenvalue weighted by Crippen LogP contribution is -2.23. The van der Waals surface area contributed by atoms with E-state index in [1.165, 1.54) is 0 Å². The van der Waals surface area contributed by atoms with Gasteiger partial charge in [-0.2, -0.15) is 0 Å². The topological polar surface area (TPSA) is 171 Å². The summed E-state index contributed by atoms with van der Waals surface area (Å²) in [6.07, 6.45) is 1.63. The summed E-state index contributed by atoms with van der Waals surface area (Å²) in [4.78, 5) is 17.2. The van der Waals surface area contributed by atoms with Crippen molar-refractivity contribution in [2.75, 3.05) is 0 Å². The Morgan fingerprint density at radius 3 is 1.90 bits per heavy atom. The van der Waals surface area contributed by atoms with Gasteiger partial charge in [-0.05, 0) is 41.3 Å². The number of aryl methyl sites for hydroxylation is 1. The number of pyridine rings is 1. The molecule has 4 aromatic rings. The number of amides is 1. The van der Waals surface area contributed by atoms with Crippen molar-refractivity contribution in [1.29, 1.82) is 10.8 Å². The molecule has 0 aliphatic rings. The number of aliphatic hydroxyl groups excluding tert-OH is 1. The highest BCUT2D eigenvalue weighted by atomic mass is 16.5. The van der Waals surface area contributed by atoms with Gasteiger partial charge in [0.1, 0.15) is 24.0 Å². The van der Waals surface area contributed by atoms with Crippen molar-refractivity contribution in [3.05, 3.63) is 118 Å². The van der Waals surface area contributed by atoms with Crippen molar-refractivity contribution in [2.45, 2.75) is 26.7 Å². The molecule has 0 unspecified atom stereocenters. The molecule has 0 spiro atoms. The summed E-state index contributed by atoms with van der Waals surface area (Å²) in [5.74, 6) is 0.225. The van der Waals surface area contributed by atoms with Crippen molar-refractivity contribution in [1.82, 2.24) is 10.3 Å². The lowest BCUT2D eigenvalue weighted by molar-refractivity contribution is 0.0950. The Morgan fingerprint density at radius 1 is 0.872 bits per heavy atom. The number of carbonyl (C=O) groups is 1. The molecule has 39 heavy (non-hydrogen) atoms. The average Bonchev–Trinajstić information content (AvgIpc) is 2.95. The summed E-state index contributed by atoms with van der Waals surface area (Å²) < 4.78 is 6.01. The Bertz CT molecular complexity index is 1500. The first-order chi connectivity index (χ1) is 18.8. The molecule has 0 bridgehead atoms. The van der Waals surface area contributed by atoms with Gasteiger partial charge >= 0.3 is 0 Å². The molecule has 8 N–H and O–H groups in total. The van der Waals surface area contributed by atoms with Crippen LogP contribution in [0.2, 0.25) is 0 Å². The highest BCUT2D eigenvalue weighted by Crippen LogP contribution is 2.27. The van der Waals surface area contributed by atoms with Crippen LogP contribution in [0.3, 0.4) is 0 Å². The first-order valence-electron chi connectivity index (χ1n) is 12.2. The summed E-state index contributed by atoms with van der Waals surface area (Å²) in [6.45, 7) is 1.93. The van der Waals surface area contributed by atoms with Crippen LogP contribution in [0.4, 0.5) is 0 Å². The lowest BCUT2D eigenvalue weighted by atomic mass is 10.0. The highest BCUT2D eigenvalue weighted by Gasteiger charge is 2.15. The minimum absolute atomic E-state index is 0.00351. The van der Waals surface area contributed by atoms with Crippen LogP contribution in [-0.4, -0.2) is 27.7 Å². The monoisotopic (exact) mass is 522 g/mol. The van der Waals surface area contributed by atoms with Crippen molar-refractivity contribution in [2.24, 2.45) is 11.5 Å². The van der Waals surface area contributed by atoms with Crippen LogP contribution in [0.15, 0.2) is 79.0 Å².